The Bertz CT molecular complexity index is 1450. The van der Waals surface area contributed by atoms with Crippen molar-refractivity contribution in [2.75, 3.05) is 13.2 Å². The van der Waals surface area contributed by atoms with E-state index in [1.165, 1.54) is 173 Å². The van der Waals surface area contributed by atoms with Crippen LogP contribution in [0.15, 0.2) is 85.1 Å². The molecule has 1 heterocycles. The third-order valence-corrected chi connectivity index (χ3v) is 14.5. The minimum Gasteiger partial charge on any atom is -0.394 e. The highest BCUT2D eigenvalue weighted by Crippen LogP contribution is 2.23. The molecule has 7 atom stereocenters. The first kappa shape index (κ1) is 70.4. The number of aliphatic hydroxyl groups excluding tert-OH is 5. The van der Waals surface area contributed by atoms with E-state index in [1.807, 2.05) is 6.08 Å². The van der Waals surface area contributed by atoms with Gasteiger partial charge in [-0.15, -0.1) is 0 Å². The monoisotopic (exact) mass is 1050 g/mol. The topological polar surface area (TPSA) is 149 Å². The number of hydrogen-bond acceptors (Lipinski definition) is 8. The molecular weight excluding hydrogens is 935 g/mol. The van der Waals surface area contributed by atoms with Crippen molar-refractivity contribution >= 4 is 5.91 Å². The summed E-state index contributed by atoms with van der Waals surface area (Å²) in [4.78, 5) is 13.1. The van der Waals surface area contributed by atoms with Gasteiger partial charge in [-0.05, 0) is 70.6 Å². The number of carbonyl (C=O) groups is 1. The van der Waals surface area contributed by atoms with Crippen LogP contribution in [0.25, 0.3) is 0 Å². The predicted molar refractivity (Wildman–Crippen MR) is 318 cm³/mol. The Morgan fingerprint density at radius 2 is 0.827 bits per heavy atom. The second kappa shape index (κ2) is 54.7. The van der Waals surface area contributed by atoms with Gasteiger partial charge in [0.1, 0.15) is 24.4 Å². The Hall–Kier alpha value is -2.63. The molecule has 1 aliphatic rings. The van der Waals surface area contributed by atoms with Gasteiger partial charge in [0.15, 0.2) is 6.29 Å². The standard InChI is InChI=1S/C66H117NO8/c1-3-5-7-9-11-13-15-17-19-21-23-24-25-26-27-28-29-30-31-32-33-34-35-36-38-40-42-44-46-48-50-52-54-56-62(70)67-59(58-74-66-65(73)64(72)63(71)61(57-68)75-66)60(69)55-53-51-49-47-45-43-41-39-37-22-20-18-16-14-12-10-8-6-4-2/h5,7,11,13,17,19,23-24,26-27,29-30,53,55,59-61,63-66,68-69,71-73H,3-4,6,8-10,12,14-16,18,20-22,25,28,31-52,54,56-58H2,1-2H3,(H,67,70)/b7-5-,13-11-,19-17-,24-23-,27-26-,30-29-,55-53+. The van der Waals surface area contributed by atoms with E-state index in [2.05, 4.69) is 92.1 Å². The first-order valence-electron chi connectivity index (χ1n) is 31.3. The first-order chi connectivity index (χ1) is 36.8. The molecule has 1 fully saturated rings. The molecule has 434 valence electrons. The Balaban J connectivity index is 2.16. The number of rotatable bonds is 53. The maximum Gasteiger partial charge on any atom is 0.220 e. The fraction of sp³-hybridized carbons (Fsp3) is 0.773. The molecule has 9 heteroatoms. The normalized spacial score (nSPS) is 19.5. The molecule has 0 aromatic heterocycles. The number of hydrogen-bond donors (Lipinski definition) is 6. The Morgan fingerprint density at radius 1 is 0.467 bits per heavy atom. The van der Waals surface area contributed by atoms with Crippen LogP contribution >= 0.6 is 0 Å². The Labute approximate surface area is 461 Å². The minimum atomic E-state index is -1.57. The van der Waals surface area contributed by atoms with Crippen molar-refractivity contribution in [1.82, 2.24) is 5.32 Å². The summed E-state index contributed by atoms with van der Waals surface area (Å²) in [6.45, 7) is 3.68. The second-order valence-corrected chi connectivity index (χ2v) is 21.5. The van der Waals surface area contributed by atoms with Crippen LogP contribution in [0.5, 0.6) is 0 Å². The molecule has 0 aliphatic carbocycles. The molecule has 9 nitrogen and oxygen atoms in total. The van der Waals surface area contributed by atoms with Gasteiger partial charge in [-0.3, -0.25) is 4.79 Å². The number of amides is 1. The van der Waals surface area contributed by atoms with Crippen molar-refractivity contribution in [3.63, 3.8) is 0 Å². The van der Waals surface area contributed by atoms with Gasteiger partial charge in [-0.25, -0.2) is 0 Å². The molecule has 0 aromatic carbocycles. The fourth-order valence-corrected chi connectivity index (χ4v) is 9.57. The number of aliphatic hydroxyl groups is 5. The smallest absolute Gasteiger partial charge is 0.220 e. The first-order valence-corrected chi connectivity index (χ1v) is 31.3. The van der Waals surface area contributed by atoms with Crippen LogP contribution in [0.2, 0.25) is 0 Å². The summed E-state index contributed by atoms with van der Waals surface area (Å²) in [6, 6.07) is -0.810. The average Bonchev–Trinajstić information content (AvgIpc) is 3.41. The van der Waals surface area contributed by atoms with E-state index < -0.39 is 49.5 Å². The highest BCUT2D eigenvalue weighted by atomic mass is 16.7. The molecule has 75 heavy (non-hydrogen) atoms. The van der Waals surface area contributed by atoms with Crippen molar-refractivity contribution in [3.8, 4) is 0 Å². The van der Waals surface area contributed by atoms with Crippen LogP contribution in [0.4, 0.5) is 0 Å². The fourth-order valence-electron chi connectivity index (χ4n) is 9.57. The van der Waals surface area contributed by atoms with Crippen LogP contribution in [-0.4, -0.2) is 87.5 Å². The van der Waals surface area contributed by atoms with Crippen molar-refractivity contribution in [1.29, 1.82) is 0 Å². The molecule has 1 aliphatic heterocycles. The van der Waals surface area contributed by atoms with Crippen molar-refractivity contribution in [2.24, 2.45) is 0 Å². The van der Waals surface area contributed by atoms with Gasteiger partial charge < -0.3 is 40.3 Å². The van der Waals surface area contributed by atoms with Crippen molar-refractivity contribution in [2.45, 2.75) is 314 Å². The van der Waals surface area contributed by atoms with E-state index in [9.17, 15) is 30.3 Å². The Morgan fingerprint density at radius 3 is 1.23 bits per heavy atom. The molecule has 1 saturated heterocycles. The van der Waals surface area contributed by atoms with E-state index in [0.29, 0.717) is 6.42 Å². The molecule has 7 unspecified atom stereocenters. The van der Waals surface area contributed by atoms with Gasteiger partial charge in [0.05, 0.1) is 25.4 Å². The SMILES string of the molecule is CC/C=C\C/C=C\C/C=C\C/C=C\C/C=C\C/C=C\CCCCCCCCCCCCCCCCC(=O)NC(COC1OC(CO)C(O)C(O)C1O)C(O)/C=C/CCCCCCCCCCCCCCCCCCC. The lowest BCUT2D eigenvalue weighted by atomic mass is 9.99. The molecule has 0 bridgehead atoms. The Kier molecular flexibility index (Phi) is 51.3. The molecule has 0 saturated carbocycles. The molecule has 0 spiro atoms. The van der Waals surface area contributed by atoms with E-state index in [4.69, 9.17) is 9.47 Å². The van der Waals surface area contributed by atoms with Gasteiger partial charge in [-0.2, -0.15) is 0 Å². The molecule has 0 aromatic rings. The number of carbonyl (C=O) groups excluding carboxylic acids is 1. The van der Waals surface area contributed by atoms with E-state index in [0.717, 1.165) is 77.0 Å². The minimum absolute atomic E-state index is 0.178. The number of allylic oxidation sites excluding steroid dienone is 13. The third-order valence-electron chi connectivity index (χ3n) is 14.5. The maximum absolute atomic E-state index is 13.1. The lowest BCUT2D eigenvalue weighted by Crippen LogP contribution is -2.60. The summed E-state index contributed by atoms with van der Waals surface area (Å²) in [5.74, 6) is -0.178. The third kappa shape index (κ3) is 44.0. The molecule has 0 radical (unpaired) electrons. The summed E-state index contributed by atoms with van der Waals surface area (Å²) >= 11 is 0. The van der Waals surface area contributed by atoms with E-state index >= 15 is 0 Å². The van der Waals surface area contributed by atoms with Gasteiger partial charge in [0, 0.05) is 6.42 Å². The zero-order valence-corrected chi connectivity index (χ0v) is 48.3. The van der Waals surface area contributed by atoms with Gasteiger partial charge in [0.2, 0.25) is 5.91 Å². The summed E-state index contributed by atoms with van der Waals surface area (Å²) in [7, 11) is 0. The van der Waals surface area contributed by atoms with Gasteiger partial charge >= 0.3 is 0 Å². The summed E-state index contributed by atoms with van der Waals surface area (Å²) in [6.07, 6.45) is 70.8. The zero-order valence-electron chi connectivity index (χ0n) is 48.3. The zero-order chi connectivity index (χ0) is 54.3. The van der Waals surface area contributed by atoms with E-state index in [-0.39, 0.29) is 12.5 Å². The van der Waals surface area contributed by atoms with Crippen LogP contribution < -0.4 is 5.32 Å². The van der Waals surface area contributed by atoms with Crippen LogP contribution in [0, 0.1) is 0 Å². The molecule has 1 amide bonds. The largest absolute Gasteiger partial charge is 0.394 e. The lowest BCUT2D eigenvalue weighted by molar-refractivity contribution is -0.302. The van der Waals surface area contributed by atoms with Crippen molar-refractivity contribution < 1.29 is 39.8 Å². The molecule has 1 rings (SSSR count). The predicted octanol–water partition coefficient (Wildman–Crippen LogP) is 16.2. The lowest BCUT2D eigenvalue weighted by Gasteiger charge is -2.40. The number of ether oxygens (including phenoxy) is 2. The summed E-state index contributed by atoms with van der Waals surface area (Å²) < 4.78 is 11.3. The molecule has 6 N–H and O–H groups in total. The van der Waals surface area contributed by atoms with Crippen LogP contribution in [-0.2, 0) is 14.3 Å². The maximum atomic E-state index is 13.1. The second-order valence-electron chi connectivity index (χ2n) is 21.5. The average molecular weight is 1050 g/mol. The molecular formula is C66H117NO8. The number of nitrogens with one attached hydrogen (secondary N) is 1. The van der Waals surface area contributed by atoms with E-state index in [1.54, 1.807) is 6.08 Å². The van der Waals surface area contributed by atoms with Crippen LogP contribution in [0.3, 0.4) is 0 Å². The van der Waals surface area contributed by atoms with Gasteiger partial charge in [-0.1, -0.05) is 279 Å². The summed E-state index contributed by atoms with van der Waals surface area (Å²) in [5, 5.41) is 54.6. The quantitative estimate of drug-likeness (QED) is 0.0261. The summed E-state index contributed by atoms with van der Waals surface area (Å²) in [5.41, 5.74) is 0. The van der Waals surface area contributed by atoms with Gasteiger partial charge in [0.25, 0.3) is 0 Å². The highest BCUT2D eigenvalue weighted by Gasteiger charge is 2.44. The highest BCUT2D eigenvalue weighted by molar-refractivity contribution is 5.76. The van der Waals surface area contributed by atoms with Crippen molar-refractivity contribution in [3.05, 3.63) is 85.1 Å². The van der Waals surface area contributed by atoms with Crippen LogP contribution in [0.1, 0.15) is 271 Å². The number of unbranched alkanes of at least 4 members (excludes halogenated alkanes) is 31.